The molecule has 0 aromatic carbocycles. The number of nitrogens with zero attached hydrogens (tertiary/aromatic N) is 4. The summed E-state index contributed by atoms with van der Waals surface area (Å²) in [6, 6.07) is 3.88. The molecule has 0 amide bonds. The van der Waals surface area contributed by atoms with Crippen molar-refractivity contribution < 1.29 is 24.1 Å². The van der Waals surface area contributed by atoms with Gasteiger partial charge in [-0.2, -0.15) is 5.10 Å². The van der Waals surface area contributed by atoms with Crippen LogP contribution in [0.2, 0.25) is 0 Å². The Morgan fingerprint density at radius 3 is 2.44 bits per heavy atom. The number of hydrogen-bond donors (Lipinski definition) is 2. The molecule has 8 rings (SSSR count). The molecule has 2 bridgehead atoms. The van der Waals surface area contributed by atoms with Crippen LogP contribution in [0.3, 0.4) is 0 Å². The quantitative estimate of drug-likeness (QED) is 0.257. The molecular weight excluding hydrogens is 691 g/mol. The van der Waals surface area contributed by atoms with Crippen molar-refractivity contribution in [3.8, 4) is 11.4 Å². The molecule has 10 heteroatoms. The van der Waals surface area contributed by atoms with Gasteiger partial charge in [-0.25, -0.2) is 9.67 Å². The van der Waals surface area contributed by atoms with Crippen LogP contribution in [-0.2, 0) is 19.0 Å². The average Bonchev–Trinajstić information content (AvgIpc) is 3.63. The van der Waals surface area contributed by atoms with E-state index in [4.69, 9.17) is 30.0 Å². The lowest BCUT2D eigenvalue weighted by molar-refractivity contribution is -0.255. The summed E-state index contributed by atoms with van der Waals surface area (Å²) in [6.07, 6.45) is 14.0. The Morgan fingerprint density at radius 2 is 1.75 bits per heavy atom. The highest BCUT2D eigenvalue weighted by atomic mass is 16.5. The molecule has 2 aliphatic heterocycles. The van der Waals surface area contributed by atoms with Crippen molar-refractivity contribution in [3.63, 3.8) is 0 Å². The molecule has 3 N–H and O–H groups in total. The molecule has 6 aliphatic rings. The maximum absolute atomic E-state index is 13.6. The normalized spacial score (nSPS) is 44.1. The predicted octanol–water partition coefficient (Wildman–Crippen LogP) is 8.00. The van der Waals surface area contributed by atoms with Crippen LogP contribution in [0.1, 0.15) is 113 Å². The van der Waals surface area contributed by atoms with Gasteiger partial charge in [0.1, 0.15) is 6.33 Å². The highest BCUT2D eigenvalue weighted by Gasteiger charge is 2.72. The number of hydrogen-bond acceptors (Lipinski definition) is 8. The largest absolute Gasteiger partial charge is 0.481 e. The smallest absolute Gasteiger partial charge is 0.307 e. The van der Waals surface area contributed by atoms with Crippen molar-refractivity contribution in [3.05, 3.63) is 42.5 Å². The Bertz CT molecular complexity index is 1810. The van der Waals surface area contributed by atoms with Crippen LogP contribution in [0.15, 0.2) is 42.5 Å². The van der Waals surface area contributed by atoms with Crippen LogP contribution in [0.25, 0.3) is 11.4 Å². The topological polar surface area (TPSA) is 135 Å². The minimum atomic E-state index is -0.626. The molecule has 12 atom stereocenters. The van der Waals surface area contributed by atoms with Crippen molar-refractivity contribution in [2.75, 3.05) is 33.0 Å². The van der Waals surface area contributed by atoms with Gasteiger partial charge in [0, 0.05) is 46.3 Å². The molecule has 4 aliphatic carbocycles. The molecule has 302 valence electrons. The van der Waals surface area contributed by atoms with E-state index in [0.717, 1.165) is 56.3 Å². The highest BCUT2D eigenvalue weighted by molar-refractivity contribution is 5.73. The van der Waals surface area contributed by atoms with Crippen molar-refractivity contribution in [1.29, 1.82) is 0 Å². The molecule has 0 radical (unpaired) electrons. The SMILES string of the molecule is CC(C)[C@@H](C)[C@@]1(C)CC[C@]2(C)[C@H]3CC[C@@H]4[C@@]5(COC[C@@]4(C)[C@@H](OC[C@@]4(N)CCOCC4(C)C)[C@H](n4ncnc4-c4ccncc4)C5)C3=CC[C@@]2(C)[C@@H]1C(=O)O. The Hall–Kier alpha value is -2.66. The average molecular weight is 758 g/mol. The van der Waals surface area contributed by atoms with Gasteiger partial charge < -0.3 is 25.1 Å². The van der Waals surface area contributed by atoms with E-state index in [-0.39, 0.29) is 50.6 Å². The number of aliphatic carboxylic acids is 1. The zero-order valence-corrected chi connectivity index (χ0v) is 34.9. The molecule has 10 nitrogen and oxygen atoms in total. The Kier molecular flexibility index (Phi) is 9.39. The molecule has 5 fully saturated rings. The number of allylic oxidation sites excluding steroid dienone is 1. The second kappa shape index (κ2) is 13.2. The lowest BCUT2D eigenvalue weighted by Gasteiger charge is -2.71. The first-order chi connectivity index (χ1) is 25.9. The third-order valence-electron chi connectivity index (χ3n) is 17.9. The number of fused-ring (bicyclic) bond motifs is 3. The van der Waals surface area contributed by atoms with Gasteiger partial charge in [0.15, 0.2) is 5.82 Å². The summed E-state index contributed by atoms with van der Waals surface area (Å²) in [5, 5.41) is 16.2. The first-order valence-electron chi connectivity index (χ1n) is 21.2. The van der Waals surface area contributed by atoms with Gasteiger partial charge >= 0.3 is 5.97 Å². The molecule has 2 saturated heterocycles. The predicted molar refractivity (Wildman–Crippen MR) is 212 cm³/mol. The summed E-state index contributed by atoms with van der Waals surface area (Å²) in [6.45, 7) is 23.6. The summed E-state index contributed by atoms with van der Waals surface area (Å²) in [4.78, 5) is 22.7. The van der Waals surface area contributed by atoms with E-state index in [9.17, 15) is 9.90 Å². The lowest BCUT2D eigenvalue weighted by atomic mass is 9.34. The van der Waals surface area contributed by atoms with E-state index >= 15 is 0 Å². The molecule has 0 spiro atoms. The zero-order chi connectivity index (χ0) is 39.4. The number of aromatic nitrogens is 4. The molecule has 2 aromatic rings. The van der Waals surface area contributed by atoms with Crippen LogP contribution >= 0.6 is 0 Å². The van der Waals surface area contributed by atoms with Gasteiger partial charge in [-0.15, -0.1) is 0 Å². The molecule has 55 heavy (non-hydrogen) atoms. The maximum Gasteiger partial charge on any atom is 0.307 e. The van der Waals surface area contributed by atoms with Gasteiger partial charge in [0.05, 0.1) is 44.5 Å². The Morgan fingerprint density at radius 1 is 1.00 bits per heavy atom. The molecule has 2 aromatic heterocycles. The van der Waals surface area contributed by atoms with E-state index in [2.05, 4.69) is 78.1 Å². The van der Waals surface area contributed by atoms with Crippen molar-refractivity contribution in [1.82, 2.24) is 19.7 Å². The zero-order valence-electron chi connectivity index (χ0n) is 34.9. The first-order valence-corrected chi connectivity index (χ1v) is 21.2. The first kappa shape index (κ1) is 39.2. The maximum atomic E-state index is 13.6. The fraction of sp³-hybridized carbons (Fsp3) is 0.778. The minimum Gasteiger partial charge on any atom is -0.481 e. The van der Waals surface area contributed by atoms with Gasteiger partial charge in [0.2, 0.25) is 0 Å². The van der Waals surface area contributed by atoms with E-state index < -0.39 is 17.4 Å². The fourth-order valence-corrected chi connectivity index (χ4v) is 13.9. The number of rotatable bonds is 8. The number of pyridine rings is 1. The van der Waals surface area contributed by atoms with Gasteiger partial charge in [-0.1, -0.05) is 74.0 Å². The fourth-order valence-electron chi connectivity index (χ4n) is 13.9. The summed E-state index contributed by atoms with van der Waals surface area (Å²) >= 11 is 0. The second-order valence-electron chi connectivity index (χ2n) is 21.0. The molecule has 4 heterocycles. The van der Waals surface area contributed by atoms with Gasteiger partial charge in [0.25, 0.3) is 0 Å². The van der Waals surface area contributed by atoms with E-state index in [1.807, 2.05) is 24.5 Å². The summed E-state index contributed by atoms with van der Waals surface area (Å²) in [5.74, 6) is 1.08. The minimum absolute atomic E-state index is 0.128. The third-order valence-corrected chi connectivity index (χ3v) is 17.9. The molecular formula is C45H67N5O5. The number of carbonyl (C=O) groups is 1. The summed E-state index contributed by atoms with van der Waals surface area (Å²) in [7, 11) is 0. The number of carboxylic acids is 1. The highest BCUT2D eigenvalue weighted by Crippen LogP contribution is 2.75. The van der Waals surface area contributed by atoms with Crippen LogP contribution in [0, 0.1) is 62.1 Å². The van der Waals surface area contributed by atoms with Crippen LogP contribution in [0.5, 0.6) is 0 Å². The van der Waals surface area contributed by atoms with Crippen molar-refractivity contribution >= 4 is 5.97 Å². The van der Waals surface area contributed by atoms with E-state index in [0.29, 0.717) is 50.8 Å². The summed E-state index contributed by atoms with van der Waals surface area (Å²) in [5.41, 5.74) is 7.57. The Labute approximate surface area is 328 Å². The number of nitrogens with two attached hydrogens (primary N) is 1. The standard InChI is InChI=1S/C45H67N5O5/c1-28(2)29(3)40(6)16-17-42(8)31-10-11-34-41(7)24-54-25-44(34,32(31)12-15-43(42,9)35(40)38(51)52)22-33(50-37(48-27-49-50)30-13-19-47-20-14-30)36(41)55-26-45(46)18-21-53-23-39(45,4)5/h12-14,19-20,27-29,31,33-36H,10-11,15-18,21-26,46H2,1-9H3,(H,51,52)/t29-,31+,33-,34+,35-,36+,40-,41-,42-,43+,44+,45+/m1/s1. The van der Waals surface area contributed by atoms with Crippen LogP contribution in [0.4, 0.5) is 0 Å². The lowest BCUT2D eigenvalue weighted by Crippen LogP contribution is -2.69. The van der Waals surface area contributed by atoms with Crippen molar-refractivity contribution in [2.45, 2.75) is 125 Å². The van der Waals surface area contributed by atoms with E-state index in [1.165, 1.54) is 5.57 Å². The number of ether oxygens (including phenoxy) is 3. The second-order valence-corrected chi connectivity index (χ2v) is 21.0. The Balaban J connectivity index is 1.24. The van der Waals surface area contributed by atoms with Gasteiger partial charge in [-0.3, -0.25) is 9.78 Å². The van der Waals surface area contributed by atoms with Crippen LogP contribution < -0.4 is 5.73 Å². The van der Waals surface area contributed by atoms with Gasteiger partial charge in [-0.05, 0) is 97.0 Å². The van der Waals surface area contributed by atoms with E-state index in [1.54, 1.807) is 6.33 Å². The van der Waals surface area contributed by atoms with Crippen LogP contribution in [-0.4, -0.2) is 75.5 Å². The summed E-state index contributed by atoms with van der Waals surface area (Å²) < 4.78 is 22.2. The monoisotopic (exact) mass is 758 g/mol. The van der Waals surface area contributed by atoms with Crippen molar-refractivity contribution in [2.24, 2.45) is 67.8 Å². The molecule has 0 unspecified atom stereocenters. The third kappa shape index (κ3) is 5.46. The molecule has 3 saturated carbocycles. The number of carboxylic acid groups (broad SMARTS) is 1.